The first-order valence-corrected chi connectivity index (χ1v) is 7.61. The minimum atomic E-state index is 0.361. The van der Waals surface area contributed by atoms with E-state index in [1.165, 1.54) is 24.8 Å². The van der Waals surface area contributed by atoms with E-state index in [0.29, 0.717) is 11.3 Å². The van der Waals surface area contributed by atoms with Gasteiger partial charge in [-0.1, -0.05) is 12.5 Å². The first kappa shape index (κ1) is 14.2. The van der Waals surface area contributed by atoms with Crippen LogP contribution in [0.15, 0.2) is 22.7 Å². The zero-order valence-corrected chi connectivity index (χ0v) is 12.9. The second-order valence-corrected chi connectivity index (χ2v) is 6.22. The fourth-order valence-corrected chi connectivity index (χ4v) is 3.40. The topological polar surface area (TPSA) is 21.3 Å². The molecule has 4 heteroatoms. The third-order valence-electron chi connectivity index (χ3n) is 3.52. The van der Waals surface area contributed by atoms with Crippen molar-refractivity contribution in [1.82, 2.24) is 5.32 Å². The molecule has 1 N–H and O–H groups in total. The first-order chi connectivity index (χ1) is 8.70. The number of hydrogen-bond donors (Lipinski definition) is 1. The quantitative estimate of drug-likeness (QED) is 0.824. The predicted octanol–water partition coefficient (Wildman–Crippen LogP) is 3.95. The Morgan fingerprint density at radius 2 is 2.28 bits per heavy atom. The van der Waals surface area contributed by atoms with Crippen molar-refractivity contribution in [2.24, 2.45) is 5.92 Å². The summed E-state index contributed by atoms with van der Waals surface area (Å²) >= 11 is 9.76. The van der Waals surface area contributed by atoms with Crippen molar-refractivity contribution < 1.29 is 4.74 Å². The van der Waals surface area contributed by atoms with E-state index in [-0.39, 0.29) is 0 Å². The average Bonchev–Trinajstić information content (AvgIpc) is 2.75. The molecule has 1 aromatic carbocycles. The molecular weight excluding hydrogens is 314 g/mol. The van der Waals surface area contributed by atoms with Crippen LogP contribution in [0.3, 0.4) is 0 Å². The van der Waals surface area contributed by atoms with E-state index in [1.807, 2.05) is 6.07 Å². The lowest BCUT2D eigenvalue weighted by atomic mass is 10.1. The van der Waals surface area contributed by atoms with Crippen LogP contribution in [-0.4, -0.2) is 19.0 Å². The van der Waals surface area contributed by atoms with Gasteiger partial charge in [-0.05, 0) is 58.9 Å². The van der Waals surface area contributed by atoms with Crippen LogP contribution in [0.25, 0.3) is 0 Å². The van der Waals surface area contributed by atoms with E-state index in [9.17, 15) is 0 Å². The standard InChI is InChI=1S/C14H19BrClNO/c1-18-14-6-5-10(7-12(14)15)8-17-9-11-3-2-4-13(11)16/h5-7,11,13,17H,2-4,8-9H2,1H3. The molecule has 0 heterocycles. The van der Waals surface area contributed by atoms with Gasteiger partial charge in [0.25, 0.3) is 0 Å². The summed E-state index contributed by atoms with van der Waals surface area (Å²) in [4.78, 5) is 0. The molecule has 0 radical (unpaired) electrons. The van der Waals surface area contributed by atoms with Gasteiger partial charge in [-0.25, -0.2) is 0 Å². The Morgan fingerprint density at radius 3 is 2.89 bits per heavy atom. The second kappa shape index (κ2) is 6.78. The number of ether oxygens (including phenoxy) is 1. The molecule has 1 aromatic rings. The van der Waals surface area contributed by atoms with Gasteiger partial charge in [0.15, 0.2) is 0 Å². The molecule has 1 aliphatic carbocycles. The predicted molar refractivity (Wildman–Crippen MR) is 79.4 cm³/mol. The van der Waals surface area contributed by atoms with Crippen molar-refractivity contribution in [2.45, 2.75) is 31.2 Å². The Kier molecular flexibility index (Phi) is 5.34. The normalized spacial score (nSPS) is 23.3. The number of methoxy groups -OCH3 is 1. The molecule has 2 atom stereocenters. The van der Waals surface area contributed by atoms with Crippen LogP contribution in [0.4, 0.5) is 0 Å². The van der Waals surface area contributed by atoms with Crippen LogP contribution in [0.2, 0.25) is 0 Å². The fraction of sp³-hybridized carbons (Fsp3) is 0.571. The minimum absolute atomic E-state index is 0.361. The molecule has 0 bridgehead atoms. The summed E-state index contributed by atoms with van der Waals surface area (Å²) in [7, 11) is 1.68. The highest BCUT2D eigenvalue weighted by molar-refractivity contribution is 9.10. The third-order valence-corrected chi connectivity index (χ3v) is 4.71. The fourth-order valence-electron chi connectivity index (χ4n) is 2.44. The maximum atomic E-state index is 6.26. The van der Waals surface area contributed by atoms with Crippen LogP contribution in [0.1, 0.15) is 24.8 Å². The van der Waals surface area contributed by atoms with Crippen LogP contribution in [0.5, 0.6) is 5.75 Å². The smallest absolute Gasteiger partial charge is 0.133 e. The van der Waals surface area contributed by atoms with Gasteiger partial charge in [0, 0.05) is 11.9 Å². The molecule has 1 aliphatic rings. The molecule has 2 rings (SSSR count). The van der Waals surface area contributed by atoms with Crippen molar-refractivity contribution in [3.63, 3.8) is 0 Å². The highest BCUT2D eigenvalue weighted by Crippen LogP contribution is 2.29. The zero-order chi connectivity index (χ0) is 13.0. The number of rotatable bonds is 5. The largest absolute Gasteiger partial charge is 0.496 e. The number of benzene rings is 1. The summed E-state index contributed by atoms with van der Waals surface area (Å²) in [6.45, 7) is 1.89. The maximum Gasteiger partial charge on any atom is 0.133 e. The molecule has 1 fully saturated rings. The average molecular weight is 333 g/mol. The van der Waals surface area contributed by atoms with Gasteiger partial charge in [0.05, 0.1) is 11.6 Å². The monoisotopic (exact) mass is 331 g/mol. The molecule has 0 aromatic heterocycles. The Bertz CT molecular complexity index is 399. The molecular formula is C14H19BrClNO. The van der Waals surface area contributed by atoms with E-state index in [0.717, 1.165) is 23.3 Å². The molecule has 0 aliphatic heterocycles. The highest BCUT2D eigenvalue weighted by Gasteiger charge is 2.24. The summed E-state index contributed by atoms with van der Waals surface area (Å²) in [5.74, 6) is 1.50. The van der Waals surface area contributed by atoms with Gasteiger partial charge in [-0.3, -0.25) is 0 Å². The molecule has 18 heavy (non-hydrogen) atoms. The van der Waals surface area contributed by atoms with E-state index in [2.05, 4.69) is 33.4 Å². The van der Waals surface area contributed by atoms with E-state index in [4.69, 9.17) is 16.3 Å². The van der Waals surface area contributed by atoms with Crippen molar-refractivity contribution in [3.05, 3.63) is 28.2 Å². The third kappa shape index (κ3) is 3.62. The molecule has 2 nitrogen and oxygen atoms in total. The molecule has 0 saturated heterocycles. The first-order valence-electron chi connectivity index (χ1n) is 6.38. The summed E-state index contributed by atoms with van der Waals surface area (Å²) in [6, 6.07) is 6.17. The lowest BCUT2D eigenvalue weighted by molar-refractivity contribution is 0.412. The Morgan fingerprint density at radius 1 is 1.44 bits per heavy atom. The van der Waals surface area contributed by atoms with Crippen molar-refractivity contribution >= 4 is 27.5 Å². The minimum Gasteiger partial charge on any atom is -0.496 e. The number of alkyl halides is 1. The van der Waals surface area contributed by atoms with Gasteiger partial charge >= 0.3 is 0 Å². The van der Waals surface area contributed by atoms with E-state index in [1.54, 1.807) is 7.11 Å². The Labute approximate surface area is 122 Å². The molecule has 100 valence electrons. The van der Waals surface area contributed by atoms with Gasteiger partial charge in [-0.2, -0.15) is 0 Å². The van der Waals surface area contributed by atoms with Crippen LogP contribution < -0.4 is 10.1 Å². The van der Waals surface area contributed by atoms with Crippen molar-refractivity contribution in [2.75, 3.05) is 13.7 Å². The molecule has 0 amide bonds. The van der Waals surface area contributed by atoms with Gasteiger partial charge < -0.3 is 10.1 Å². The van der Waals surface area contributed by atoms with Gasteiger partial charge in [0.1, 0.15) is 5.75 Å². The summed E-state index contributed by atoms with van der Waals surface area (Å²) in [5.41, 5.74) is 1.26. The highest BCUT2D eigenvalue weighted by atomic mass is 79.9. The van der Waals surface area contributed by atoms with Crippen molar-refractivity contribution in [1.29, 1.82) is 0 Å². The Hall–Kier alpha value is -0.250. The van der Waals surface area contributed by atoms with Crippen LogP contribution >= 0.6 is 27.5 Å². The van der Waals surface area contributed by atoms with Gasteiger partial charge in [0.2, 0.25) is 0 Å². The SMILES string of the molecule is COc1ccc(CNCC2CCCC2Cl)cc1Br. The number of hydrogen-bond acceptors (Lipinski definition) is 2. The lowest BCUT2D eigenvalue weighted by Crippen LogP contribution is -2.25. The maximum absolute atomic E-state index is 6.26. The molecule has 0 spiro atoms. The second-order valence-electron chi connectivity index (χ2n) is 4.81. The van der Waals surface area contributed by atoms with Crippen LogP contribution in [0, 0.1) is 5.92 Å². The summed E-state index contributed by atoms with van der Waals surface area (Å²) in [6.07, 6.45) is 3.70. The summed E-state index contributed by atoms with van der Waals surface area (Å²) in [5, 5.41) is 3.85. The zero-order valence-electron chi connectivity index (χ0n) is 10.6. The summed E-state index contributed by atoms with van der Waals surface area (Å²) < 4.78 is 6.22. The number of halogens is 2. The Balaban J connectivity index is 1.81. The van der Waals surface area contributed by atoms with Gasteiger partial charge in [-0.15, -0.1) is 11.6 Å². The molecule has 2 unspecified atom stereocenters. The van der Waals surface area contributed by atoms with Crippen molar-refractivity contribution in [3.8, 4) is 5.75 Å². The van der Waals surface area contributed by atoms with E-state index >= 15 is 0 Å². The lowest BCUT2D eigenvalue weighted by Gasteiger charge is -2.14. The van der Waals surface area contributed by atoms with E-state index < -0.39 is 0 Å². The number of nitrogens with one attached hydrogen (secondary N) is 1. The molecule has 1 saturated carbocycles. The van der Waals surface area contributed by atoms with Crippen LogP contribution in [-0.2, 0) is 6.54 Å².